The number of halogens is 4. The number of ether oxygens (including phenoxy) is 2. The Morgan fingerprint density at radius 1 is 1.12 bits per heavy atom. The second kappa shape index (κ2) is 9.73. The SMILES string of the molecule is CCP(=O)(OCOC(=O)C(C)(C)C)c1cc(Oc2ccc(C(F)(F)F)cc2Cl)ccc1N. The normalized spacial score (nSPS) is 14.0. The predicted octanol–water partition coefficient (Wildman–Crippen LogP) is 6.22. The van der Waals surface area contributed by atoms with Crippen LogP contribution in [0, 0.1) is 5.41 Å². The number of alkyl halides is 3. The molecule has 2 aromatic carbocycles. The van der Waals surface area contributed by atoms with E-state index in [4.69, 9.17) is 31.3 Å². The van der Waals surface area contributed by atoms with E-state index < -0.39 is 37.3 Å². The van der Waals surface area contributed by atoms with Crippen LogP contribution in [0.2, 0.25) is 5.02 Å². The van der Waals surface area contributed by atoms with Crippen molar-refractivity contribution in [3.63, 3.8) is 0 Å². The molecule has 0 aliphatic rings. The maximum absolute atomic E-state index is 13.4. The monoisotopic (exact) mass is 493 g/mol. The van der Waals surface area contributed by atoms with E-state index >= 15 is 0 Å². The van der Waals surface area contributed by atoms with Gasteiger partial charge in [0, 0.05) is 11.8 Å². The van der Waals surface area contributed by atoms with Gasteiger partial charge in [-0.1, -0.05) is 18.5 Å². The number of carbonyl (C=O) groups is 1. The Morgan fingerprint density at radius 3 is 2.31 bits per heavy atom. The van der Waals surface area contributed by atoms with Crippen LogP contribution in [0.4, 0.5) is 18.9 Å². The van der Waals surface area contributed by atoms with Crippen molar-refractivity contribution in [2.75, 3.05) is 18.7 Å². The second-order valence-corrected chi connectivity index (χ2v) is 11.0. The van der Waals surface area contributed by atoms with Crippen LogP contribution < -0.4 is 15.8 Å². The number of nitrogens with two attached hydrogens (primary N) is 1. The minimum Gasteiger partial charge on any atom is -0.456 e. The van der Waals surface area contributed by atoms with Crippen molar-refractivity contribution >= 4 is 35.9 Å². The fraction of sp³-hybridized carbons (Fsp3) is 0.381. The van der Waals surface area contributed by atoms with E-state index in [1.54, 1.807) is 27.7 Å². The summed E-state index contributed by atoms with van der Waals surface area (Å²) in [5.74, 6) is -0.413. The lowest BCUT2D eigenvalue weighted by Crippen LogP contribution is -2.24. The molecule has 2 rings (SSSR count). The lowest BCUT2D eigenvalue weighted by atomic mass is 9.98. The highest BCUT2D eigenvalue weighted by Crippen LogP contribution is 2.48. The summed E-state index contributed by atoms with van der Waals surface area (Å²) in [7, 11) is -3.54. The first kappa shape index (κ1) is 26.0. The predicted molar refractivity (Wildman–Crippen MR) is 117 cm³/mol. The zero-order valence-corrected chi connectivity index (χ0v) is 19.6. The van der Waals surface area contributed by atoms with E-state index in [2.05, 4.69) is 0 Å². The number of anilines is 1. The summed E-state index contributed by atoms with van der Waals surface area (Å²) in [6, 6.07) is 6.91. The number of carbonyl (C=O) groups excluding carboxylic acids is 1. The van der Waals surface area contributed by atoms with E-state index in [1.165, 1.54) is 18.2 Å². The van der Waals surface area contributed by atoms with Crippen molar-refractivity contribution in [2.24, 2.45) is 5.41 Å². The molecule has 0 amide bonds. The van der Waals surface area contributed by atoms with E-state index in [0.29, 0.717) is 0 Å². The van der Waals surface area contributed by atoms with Crippen LogP contribution in [0.15, 0.2) is 36.4 Å². The maximum Gasteiger partial charge on any atom is 0.416 e. The molecule has 0 radical (unpaired) electrons. The van der Waals surface area contributed by atoms with Gasteiger partial charge in [-0.3, -0.25) is 13.9 Å². The van der Waals surface area contributed by atoms with Crippen molar-refractivity contribution in [2.45, 2.75) is 33.9 Å². The van der Waals surface area contributed by atoms with Gasteiger partial charge in [0.25, 0.3) is 0 Å². The van der Waals surface area contributed by atoms with Crippen LogP contribution >= 0.6 is 19.0 Å². The molecule has 0 bridgehead atoms. The molecule has 1 atom stereocenters. The molecule has 1 unspecified atom stereocenters. The molecule has 0 heterocycles. The Bertz CT molecular complexity index is 1040. The lowest BCUT2D eigenvalue weighted by molar-refractivity contribution is -0.159. The average Bonchev–Trinajstić information content (AvgIpc) is 2.69. The minimum absolute atomic E-state index is 0.0262. The summed E-state index contributed by atoms with van der Waals surface area (Å²) < 4.78 is 67.9. The molecule has 176 valence electrons. The third-order valence-corrected chi connectivity index (χ3v) is 7.11. The molecule has 6 nitrogen and oxygen atoms in total. The minimum atomic E-state index is -4.54. The van der Waals surface area contributed by atoms with Crippen LogP contribution in [-0.4, -0.2) is 18.9 Å². The summed E-state index contributed by atoms with van der Waals surface area (Å²) >= 11 is 5.93. The summed E-state index contributed by atoms with van der Waals surface area (Å²) in [5, 5.41) is -0.116. The van der Waals surface area contributed by atoms with Crippen molar-refractivity contribution in [1.82, 2.24) is 0 Å². The van der Waals surface area contributed by atoms with Gasteiger partial charge in [0.1, 0.15) is 11.5 Å². The first-order chi connectivity index (χ1) is 14.7. The number of hydrogen-bond donors (Lipinski definition) is 1. The Kier molecular flexibility index (Phi) is 7.92. The second-order valence-electron chi connectivity index (χ2n) is 7.88. The first-order valence-corrected chi connectivity index (χ1v) is 11.7. The molecular formula is C21H24ClF3NO5P. The highest BCUT2D eigenvalue weighted by Gasteiger charge is 2.32. The summed E-state index contributed by atoms with van der Waals surface area (Å²) in [4.78, 5) is 11.9. The number of rotatable bonds is 7. The summed E-state index contributed by atoms with van der Waals surface area (Å²) in [6.45, 7) is 6.09. The molecule has 0 saturated heterocycles. The molecule has 0 aromatic heterocycles. The van der Waals surface area contributed by atoms with Crippen LogP contribution in [0.25, 0.3) is 0 Å². The third-order valence-electron chi connectivity index (χ3n) is 4.34. The number of nitrogen functional groups attached to an aromatic ring is 1. The van der Waals surface area contributed by atoms with Crippen molar-refractivity contribution < 1.29 is 36.5 Å². The Balaban J connectivity index is 2.25. The standard InChI is InChI=1S/C21H24ClF3NO5P/c1-5-32(28,30-12-29-19(27)20(2,3)4)18-11-14(7-8-16(18)26)31-17-9-6-13(10-15(17)22)21(23,24)25/h6-11H,5,12,26H2,1-4H3. The highest BCUT2D eigenvalue weighted by molar-refractivity contribution is 7.67. The number of esters is 1. The van der Waals surface area contributed by atoms with Crippen LogP contribution in [0.3, 0.4) is 0 Å². The molecule has 11 heteroatoms. The lowest BCUT2D eigenvalue weighted by Gasteiger charge is -2.21. The average molecular weight is 494 g/mol. The quantitative estimate of drug-likeness (QED) is 0.213. The highest BCUT2D eigenvalue weighted by atomic mass is 35.5. The first-order valence-electron chi connectivity index (χ1n) is 9.53. The molecule has 0 aliphatic carbocycles. The molecule has 0 aliphatic heterocycles. The third kappa shape index (κ3) is 6.40. The molecule has 0 spiro atoms. The molecule has 0 saturated carbocycles. The van der Waals surface area contributed by atoms with Crippen molar-refractivity contribution in [3.05, 3.63) is 47.0 Å². The van der Waals surface area contributed by atoms with Gasteiger partial charge in [-0.15, -0.1) is 0 Å². The van der Waals surface area contributed by atoms with Crippen LogP contribution in [0.1, 0.15) is 33.3 Å². The molecule has 2 aromatic rings. The van der Waals surface area contributed by atoms with Gasteiger partial charge in [-0.25, -0.2) is 0 Å². The Hall–Kier alpha value is -2.22. The summed E-state index contributed by atoms with van der Waals surface area (Å²) in [6.07, 6.45) is -4.49. The van der Waals surface area contributed by atoms with E-state index in [9.17, 15) is 22.5 Å². The maximum atomic E-state index is 13.4. The van der Waals surface area contributed by atoms with Gasteiger partial charge in [0.2, 0.25) is 7.37 Å². The van der Waals surface area contributed by atoms with Crippen molar-refractivity contribution in [1.29, 1.82) is 0 Å². The molecular weight excluding hydrogens is 470 g/mol. The van der Waals surface area contributed by atoms with Gasteiger partial charge in [0.15, 0.2) is 6.79 Å². The van der Waals surface area contributed by atoms with Gasteiger partial charge in [-0.2, -0.15) is 13.2 Å². The summed E-state index contributed by atoms with van der Waals surface area (Å²) in [5.41, 5.74) is 4.46. The zero-order valence-electron chi connectivity index (χ0n) is 18.0. The largest absolute Gasteiger partial charge is 0.456 e. The van der Waals surface area contributed by atoms with Crippen LogP contribution in [-0.2, 0) is 24.8 Å². The Morgan fingerprint density at radius 2 is 1.78 bits per heavy atom. The van der Waals surface area contributed by atoms with E-state index in [1.807, 2.05) is 0 Å². The number of benzene rings is 2. The fourth-order valence-corrected chi connectivity index (χ4v) is 4.38. The molecule has 2 N–H and O–H groups in total. The molecule has 32 heavy (non-hydrogen) atoms. The zero-order chi connectivity index (χ0) is 24.3. The smallest absolute Gasteiger partial charge is 0.416 e. The molecule has 0 fully saturated rings. The Labute approximate surface area is 189 Å². The van der Waals surface area contributed by atoms with Crippen molar-refractivity contribution in [3.8, 4) is 11.5 Å². The number of hydrogen-bond acceptors (Lipinski definition) is 6. The van der Waals surface area contributed by atoms with Gasteiger partial charge in [-0.05, 0) is 57.2 Å². The topological polar surface area (TPSA) is 87.8 Å². The van der Waals surface area contributed by atoms with E-state index in [-0.39, 0.29) is 33.7 Å². The fourth-order valence-electron chi connectivity index (χ4n) is 2.48. The van der Waals surface area contributed by atoms with E-state index in [0.717, 1.165) is 18.2 Å². The van der Waals surface area contributed by atoms with Crippen LogP contribution in [0.5, 0.6) is 11.5 Å². The van der Waals surface area contributed by atoms with Gasteiger partial charge < -0.3 is 15.2 Å². The van der Waals surface area contributed by atoms with Gasteiger partial charge in [0.05, 0.1) is 21.3 Å². The van der Waals surface area contributed by atoms with Gasteiger partial charge >= 0.3 is 12.1 Å².